The number of carbonyl (C=O) groups is 1. The van der Waals surface area contributed by atoms with E-state index in [1.807, 2.05) is 44.3 Å². The Kier molecular flexibility index (Phi) is 4.34. The molecule has 0 bridgehead atoms. The van der Waals surface area contributed by atoms with Crippen LogP contribution in [-0.4, -0.2) is 46.1 Å². The number of benzene rings is 1. The third kappa shape index (κ3) is 3.09. The lowest BCUT2D eigenvalue weighted by atomic mass is 10.0. The van der Waals surface area contributed by atoms with Gasteiger partial charge in [0.1, 0.15) is 0 Å². The number of rotatable bonds is 5. The molecule has 2 aromatic rings. The molecule has 0 saturated carbocycles. The topological polar surface area (TPSA) is 82.3 Å². The Hall–Kier alpha value is -1.85. The van der Waals surface area contributed by atoms with E-state index in [1.54, 1.807) is 7.05 Å². The van der Waals surface area contributed by atoms with Crippen LogP contribution in [0.4, 0.5) is 0 Å². The summed E-state index contributed by atoms with van der Waals surface area (Å²) in [7, 11) is 1.67. The maximum Gasteiger partial charge on any atom is 0.240 e. The second kappa shape index (κ2) is 5.87. The summed E-state index contributed by atoms with van der Waals surface area (Å²) in [5.74, 6) is -0.167. The number of H-pyrrole nitrogens is 1. The van der Waals surface area contributed by atoms with Crippen molar-refractivity contribution in [3.8, 4) is 0 Å². The van der Waals surface area contributed by atoms with Gasteiger partial charge in [0.05, 0.1) is 18.2 Å². The Morgan fingerprint density at radius 1 is 1.43 bits per heavy atom. The number of aromatic amines is 1. The fourth-order valence-corrected chi connectivity index (χ4v) is 2.28. The first-order chi connectivity index (χ1) is 9.86. The first-order valence-corrected chi connectivity index (χ1v) is 7.06. The zero-order valence-corrected chi connectivity index (χ0v) is 12.8. The van der Waals surface area contributed by atoms with Gasteiger partial charge >= 0.3 is 0 Å². The molecule has 1 amide bonds. The zero-order chi connectivity index (χ0) is 15.6. The number of hydrogen-bond acceptors (Lipinski definition) is 3. The van der Waals surface area contributed by atoms with Gasteiger partial charge in [0.15, 0.2) is 0 Å². The van der Waals surface area contributed by atoms with Crippen LogP contribution in [0.5, 0.6) is 0 Å². The van der Waals surface area contributed by atoms with Crippen molar-refractivity contribution >= 4 is 16.8 Å². The number of carbonyl (C=O) groups excluding carboxylic acids is 1. The van der Waals surface area contributed by atoms with E-state index in [9.17, 15) is 9.90 Å². The normalized spacial score (nSPS) is 13.4. The third-order valence-electron chi connectivity index (χ3n) is 4.06. The van der Waals surface area contributed by atoms with Crippen LogP contribution in [0, 0.1) is 0 Å². The standard InChI is InChI=1S/C16H23N3O2/c1-16(2,10-20)19(3)15(21)13(17)8-11-9-18-14-7-5-4-6-12(11)14/h4-7,9,13,18,20H,8,10,17H2,1-3H3/t13-/m1/s1. The summed E-state index contributed by atoms with van der Waals surface area (Å²) < 4.78 is 0. The van der Waals surface area contributed by atoms with Crippen molar-refractivity contribution in [1.82, 2.24) is 9.88 Å². The second-order valence-electron chi connectivity index (χ2n) is 6.04. The van der Waals surface area contributed by atoms with Crippen LogP contribution in [0.1, 0.15) is 19.4 Å². The fourth-order valence-electron chi connectivity index (χ4n) is 2.28. The number of nitrogens with zero attached hydrogens (tertiary/aromatic N) is 1. The Morgan fingerprint density at radius 2 is 2.10 bits per heavy atom. The molecule has 5 nitrogen and oxygen atoms in total. The predicted molar refractivity (Wildman–Crippen MR) is 83.9 cm³/mol. The average molecular weight is 289 g/mol. The first-order valence-electron chi connectivity index (χ1n) is 7.06. The summed E-state index contributed by atoms with van der Waals surface area (Å²) in [6, 6.07) is 7.31. The maximum atomic E-state index is 12.4. The quantitative estimate of drug-likeness (QED) is 0.775. The average Bonchev–Trinajstić information content (AvgIpc) is 2.89. The van der Waals surface area contributed by atoms with Gasteiger partial charge in [0, 0.05) is 24.1 Å². The SMILES string of the molecule is CN(C(=O)[C@H](N)Cc1c[nH]c2ccccc12)C(C)(C)CO. The number of aromatic nitrogens is 1. The highest BCUT2D eigenvalue weighted by molar-refractivity contribution is 5.86. The molecule has 114 valence electrons. The van der Waals surface area contributed by atoms with Crippen molar-refractivity contribution in [1.29, 1.82) is 0 Å². The molecule has 0 fully saturated rings. The molecule has 21 heavy (non-hydrogen) atoms. The van der Waals surface area contributed by atoms with Gasteiger partial charge in [0.2, 0.25) is 5.91 Å². The molecule has 0 unspecified atom stereocenters. The molecule has 1 aromatic carbocycles. The Balaban J connectivity index is 2.14. The van der Waals surface area contributed by atoms with Crippen LogP contribution in [0.3, 0.4) is 0 Å². The number of nitrogens with two attached hydrogens (primary N) is 1. The van der Waals surface area contributed by atoms with E-state index in [0.717, 1.165) is 16.5 Å². The minimum atomic E-state index is -0.625. The highest BCUT2D eigenvalue weighted by atomic mass is 16.3. The Labute approximate surface area is 124 Å². The summed E-state index contributed by atoms with van der Waals surface area (Å²) in [6.07, 6.45) is 2.36. The zero-order valence-electron chi connectivity index (χ0n) is 12.8. The van der Waals surface area contributed by atoms with Crippen molar-refractivity contribution in [2.24, 2.45) is 5.73 Å². The van der Waals surface area contributed by atoms with Gasteiger partial charge in [-0.2, -0.15) is 0 Å². The minimum Gasteiger partial charge on any atom is -0.394 e. The van der Waals surface area contributed by atoms with Gasteiger partial charge in [-0.25, -0.2) is 0 Å². The Morgan fingerprint density at radius 3 is 2.76 bits per heavy atom. The molecular weight excluding hydrogens is 266 g/mol. The van der Waals surface area contributed by atoms with E-state index in [0.29, 0.717) is 6.42 Å². The van der Waals surface area contributed by atoms with Gasteiger partial charge < -0.3 is 20.7 Å². The van der Waals surface area contributed by atoms with Crippen molar-refractivity contribution < 1.29 is 9.90 Å². The summed E-state index contributed by atoms with van der Waals surface area (Å²) >= 11 is 0. The number of likely N-dealkylation sites (N-methyl/N-ethyl adjacent to an activating group) is 1. The van der Waals surface area contributed by atoms with Crippen LogP contribution in [0.2, 0.25) is 0 Å². The van der Waals surface area contributed by atoms with Crippen LogP contribution >= 0.6 is 0 Å². The number of amides is 1. The molecule has 0 radical (unpaired) electrons. The fraction of sp³-hybridized carbons (Fsp3) is 0.438. The first kappa shape index (κ1) is 15.5. The molecule has 0 aliphatic rings. The van der Waals surface area contributed by atoms with E-state index < -0.39 is 11.6 Å². The van der Waals surface area contributed by atoms with Gasteiger partial charge in [0.25, 0.3) is 0 Å². The number of nitrogens with one attached hydrogen (secondary N) is 1. The molecule has 0 aliphatic carbocycles. The molecule has 1 heterocycles. The molecule has 1 aromatic heterocycles. The third-order valence-corrected chi connectivity index (χ3v) is 4.06. The van der Waals surface area contributed by atoms with E-state index in [1.165, 1.54) is 4.90 Å². The molecule has 0 saturated heterocycles. The molecule has 1 atom stereocenters. The van der Waals surface area contributed by atoms with E-state index in [2.05, 4.69) is 4.98 Å². The van der Waals surface area contributed by atoms with Crippen molar-refractivity contribution in [2.45, 2.75) is 31.8 Å². The van der Waals surface area contributed by atoms with Gasteiger partial charge in [-0.15, -0.1) is 0 Å². The van der Waals surface area contributed by atoms with E-state index in [-0.39, 0.29) is 12.5 Å². The highest BCUT2D eigenvalue weighted by Gasteiger charge is 2.30. The molecule has 0 spiro atoms. The second-order valence-corrected chi connectivity index (χ2v) is 6.04. The maximum absolute atomic E-state index is 12.4. The smallest absolute Gasteiger partial charge is 0.240 e. The largest absolute Gasteiger partial charge is 0.394 e. The summed E-state index contributed by atoms with van der Waals surface area (Å²) in [5.41, 5.74) is 7.52. The lowest BCUT2D eigenvalue weighted by Crippen LogP contribution is -2.53. The monoisotopic (exact) mass is 289 g/mol. The van der Waals surface area contributed by atoms with Crippen LogP contribution in [-0.2, 0) is 11.2 Å². The summed E-state index contributed by atoms with van der Waals surface area (Å²) in [5, 5.41) is 10.4. The highest BCUT2D eigenvalue weighted by Crippen LogP contribution is 2.20. The Bertz CT molecular complexity index is 633. The van der Waals surface area contributed by atoms with Crippen molar-refractivity contribution in [3.05, 3.63) is 36.0 Å². The molecule has 2 rings (SSSR count). The lowest BCUT2D eigenvalue weighted by Gasteiger charge is -2.35. The van der Waals surface area contributed by atoms with Crippen molar-refractivity contribution in [2.75, 3.05) is 13.7 Å². The van der Waals surface area contributed by atoms with Gasteiger partial charge in [-0.3, -0.25) is 4.79 Å². The number of fused-ring (bicyclic) bond motifs is 1. The predicted octanol–water partition coefficient (Wildman–Crippen LogP) is 1.27. The van der Waals surface area contributed by atoms with Crippen molar-refractivity contribution in [3.63, 3.8) is 0 Å². The van der Waals surface area contributed by atoms with Crippen LogP contribution < -0.4 is 5.73 Å². The molecule has 0 aliphatic heterocycles. The number of para-hydroxylation sites is 1. The number of hydrogen-bond donors (Lipinski definition) is 3. The van der Waals surface area contributed by atoms with Gasteiger partial charge in [-0.1, -0.05) is 18.2 Å². The van der Waals surface area contributed by atoms with Crippen LogP contribution in [0.15, 0.2) is 30.5 Å². The number of aliphatic hydroxyl groups excluding tert-OH is 1. The minimum absolute atomic E-state index is 0.102. The summed E-state index contributed by atoms with van der Waals surface area (Å²) in [4.78, 5) is 17.1. The van der Waals surface area contributed by atoms with Crippen LogP contribution in [0.25, 0.3) is 10.9 Å². The summed E-state index contributed by atoms with van der Waals surface area (Å²) in [6.45, 7) is 3.52. The number of aliphatic hydroxyl groups is 1. The van der Waals surface area contributed by atoms with E-state index >= 15 is 0 Å². The molecule has 5 heteroatoms. The molecule has 4 N–H and O–H groups in total. The lowest BCUT2D eigenvalue weighted by molar-refractivity contribution is -0.137. The van der Waals surface area contributed by atoms with E-state index in [4.69, 9.17) is 5.73 Å². The van der Waals surface area contributed by atoms with Gasteiger partial charge in [-0.05, 0) is 31.9 Å². The molecular formula is C16H23N3O2.